The number of nitrogens with one attached hydrogen (secondary N) is 3. The standard InChI is InChI=1S/C45H63N5O10/c1-12-38(53)49(9)35(14-13-21-46-44(58)60-45(6,7)8)42(56)47-29(5)36(51)19-20-39(54)50(10)40-31-18-16-27(3)33(25-31)32-23-30(17-15-26(32)2)24-34(43(57)59-11)48-41(55)28(4)22-37(40)52/h15-18,23,25,28-29,34-35,40H,12-14,19-22,24H2,1-11H3,(H,46,58)(H,47,56)(H,48,55)/t28-,29-,34+,35-,40+/m1/s1. The molecule has 0 fully saturated rings. The third-order valence-electron chi connectivity index (χ3n) is 10.7. The van der Waals surface area contributed by atoms with E-state index in [0.29, 0.717) is 12.0 Å². The molecule has 0 aliphatic carbocycles. The van der Waals surface area contributed by atoms with Crippen molar-refractivity contribution in [1.82, 2.24) is 25.8 Å². The number of hydrogen-bond acceptors (Lipinski definition) is 10. The third kappa shape index (κ3) is 13.5. The summed E-state index contributed by atoms with van der Waals surface area (Å²) >= 11 is 0. The fraction of sp³-hybridized carbons (Fsp3) is 0.556. The molecule has 4 bridgehead atoms. The zero-order valence-electron chi connectivity index (χ0n) is 37.0. The Bertz CT molecular complexity index is 1940. The second-order valence-corrected chi connectivity index (χ2v) is 16.6. The van der Waals surface area contributed by atoms with Crippen LogP contribution in [0.5, 0.6) is 0 Å². The average molecular weight is 834 g/mol. The Morgan fingerprint density at radius 2 is 1.55 bits per heavy atom. The van der Waals surface area contributed by atoms with Crippen molar-refractivity contribution in [2.24, 2.45) is 5.92 Å². The van der Waals surface area contributed by atoms with Crippen LogP contribution in [0.3, 0.4) is 0 Å². The lowest BCUT2D eigenvalue weighted by Crippen LogP contribution is -2.51. The highest BCUT2D eigenvalue weighted by Crippen LogP contribution is 2.34. The molecule has 3 N–H and O–H groups in total. The summed E-state index contributed by atoms with van der Waals surface area (Å²) in [6.45, 7) is 14.1. The third-order valence-corrected chi connectivity index (χ3v) is 10.7. The number of benzene rings is 2. The maximum absolute atomic E-state index is 14.2. The Balaban J connectivity index is 1.81. The Morgan fingerprint density at radius 3 is 2.17 bits per heavy atom. The van der Waals surface area contributed by atoms with E-state index < -0.39 is 77.0 Å². The van der Waals surface area contributed by atoms with Gasteiger partial charge >= 0.3 is 12.1 Å². The molecular weight excluding hydrogens is 771 g/mol. The topological polar surface area (TPSA) is 198 Å². The van der Waals surface area contributed by atoms with Crippen LogP contribution in [0.4, 0.5) is 4.79 Å². The highest BCUT2D eigenvalue weighted by Gasteiger charge is 2.34. The smallest absolute Gasteiger partial charge is 0.407 e. The highest BCUT2D eigenvalue weighted by molar-refractivity contribution is 5.96. The molecule has 15 heteroatoms. The Morgan fingerprint density at radius 1 is 0.917 bits per heavy atom. The number of carbonyl (C=O) groups is 8. The fourth-order valence-electron chi connectivity index (χ4n) is 7.08. The molecule has 0 radical (unpaired) electrons. The van der Waals surface area contributed by atoms with E-state index in [9.17, 15) is 38.4 Å². The lowest BCUT2D eigenvalue weighted by atomic mass is 9.87. The van der Waals surface area contributed by atoms with Crippen molar-refractivity contribution in [3.63, 3.8) is 0 Å². The van der Waals surface area contributed by atoms with E-state index in [-0.39, 0.29) is 51.0 Å². The molecular formula is C45H63N5O10. The van der Waals surface area contributed by atoms with E-state index in [4.69, 9.17) is 9.47 Å². The molecule has 1 aliphatic heterocycles. The van der Waals surface area contributed by atoms with Gasteiger partial charge < -0.3 is 35.2 Å². The second-order valence-electron chi connectivity index (χ2n) is 16.6. The van der Waals surface area contributed by atoms with E-state index in [1.165, 1.54) is 37.9 Å². The van der Waals surface area contributed by atoms with E-state index in [1.54, 1.807) is 40.7 Å². The van der Waals surface area contributed by atoms with Gasteiger partial charge in [0.15, 0.2) is 11.6 Å². The van der Waals surface area contributed by atoms with Gasteiger partial charge in [-0.25, -0.2) is 9.59 Å². The van der Waals surface area contributed by atoms with E-state index >= 15 is 0 Å². The molecule has 0 saturated carbocycles. The van der Waals surface area contributed by atoms with Crippen LogP contribution in [0.25, 0.3) is 11.1 Å². The number of fused-ring (bicyclic) bond motifs is 5. The van der Waals surface area contributed by atoms with Crippen LogP contribution in [0.15, 0.2) is 36.4 Å². The first-order chi connectivity index (χ1) is 28.1. The molecule has 60 heavy (non-hydrogen) atoms. The van der Waals surface area contributed by atoms with Crippen LogP contribution in [-0.2, 0) is 49.5 Å². The first-order valence-electron chi connectivity index (χ1n) is 20.5. The summed E-state index contributed by atoms with van der Waals surface area (Å²) in [5, 5.41) is 8.08. The monoisotopic (exact) mass is 833 g/mol. The van der Waals surface area contributed by atoms with Gasteiger partial charge in [0.25, 0.3) is 0 Å². The summed E-state index contributed by atoms with van der Waals surface area (Å²) in [6.07, 6.45) is -0.504. The maximum atomic E-state index is 14.2. The Kier molecular flexibility index (Phi) is 17.6. The number of likely N-dealkylation sites (N-methyl/N-ethyl adjacent to an activating group) is 2. The zero-order chi connectivity index (χ0) is 45.1. The minimum atomic E-state index is -1.11. The van der Waals surface area contributed by atoms with Gasteiger partial charge in [-0.2, -0.15) is 0 Å². The maximum Gasteiger partial charge on any atom is 0.407 e. The highest BCUT2D eigenvalue weighted by atomic mass is 16.6. The molecule has 328 valence electrons. The van der Waals surface area contributed by atoms with Gasteiger partial charge in [-0.05, 0) is 93.8 Å². The van der Waals surface area contributed by atoms with Crippen LogP contribution in [0.2, 0.25) is 0 Å². The molecule has 0 spiro atoms. The number of alkyl carbamates (subject to hydrolysis) is 1. The molecule has 15 nitrogen and oxygen atoms in total. The molecule has 1 aliphatic rings. The lowest BCUT2D eigenvalue weighted by Gasteiger charge is -2.30. The number of ether oxygens (including phenoxy) is 2. The van der Waals surface area contributed by atoms with Crippen molar-refractivity contribution in [3.05, 3.63) is 58.7 Å². The van der Waals surface area contributed by atoms with Gasteiger partial charge in [0, 0.05) is 58.7 Å². The van der Waals surface area contributed by atoms with E-state index in [1.807, 2.05) is 44.2 Å². The van der Waals surface area contributed by atoms with Gasteiger partial charge in [0.2, 0.25) is 23.6 Å². The number of carbonyl (C=O) groups excluding carboxylic acids is 8. The van der Waals surface area contributed by atoms with Crippen molar-refractivity contribution in [3.8, 4) is 11.1 Å². The second kappa shape index (κ2) is 21.6. The van der Waals surface area contributed by atoms with E-state index in [2.05, 4.69) is 16.0 Å². The molecule has 1 heterocycles. The first-order valence-corrected chi connectivity index (χ1v) is 20.5. The van der Waals surface area contributed by atoms with Crippen LogP contribution >= 0.6 is 0 Å². The number of hydrogen-bond donors (Lipinski definition) is 3. The number of methoxy groups -OCH3 is 1. The van der Waals surface area contributed by atoms with Crippen molar-refractivity contribution < 1.29 is 47.8 Å². The molecule has 0 saturated heterocycles. The number of Topliss-reactive ketones (excluding diaryl/α,β-unsaturated/α-hetero) is 2. The average Bonchev–Trinajstić information content (AvgIpc) is 3.18. The van der Waals surface area contributed by atoms with Gasteiger partial charge in [0.1, 0.15) is 23.7 Å². The van der Waals surface area contributed by atoms with E-state index in [0.717, 1.165) is 27.8 Å². The molecule has 5 atom stereocenters. The Labute approximate surface area is 353 Å². The van der Waals surface area contributed by atoms with Gasteiger partial charge in [0.05, 0.1) is 13.2 Å². The molecule has 5 amide bonds. The van der Waals surface area contributed by atoms with Crippen LogP contribution in [-0.4, -0.2) is 109 Å². The number of ketones is 2. The van der Waals surface area contributed by atoms with Gasteiger partial charge in [-0.15, -0.1) is 0 Å². The minimum absolute atomic E-state index is 0.156. The summed E-state index contributed by atoms with van der Waals surface area (Å²) in [7, 11) is 4.23. The summed E-state index contributed by atoms with van der Waals surface area (Å²) in [6, 6.07) is 7.25. The summed E-state index contributed by atoms with van der Waals surface area (Å²) in [5.41, 5.74) is 4.20. The SMILES string of the molecule is CCC(=O)N(C)[C@H](CCCNC(=O)OC(C)(C)C)C(=O)N[C@H](C)C(=O)CCC(=O)N(C)[C@@H]1C(=O)C[C@@H](C)C(=O)N[C@H](C(=O)OC)Cc2ccc(C)c(c2)-c2cc1ccc2C. The van der Waals surface area contributed by atoms with Crippen molar-refractivity contribution in [1.29, 1.82) is 0 Å². The minimum Gasteiger partial charge on any atom is -0.467 e. The molecule has 2 aromatic rings. The van der Waals surface area contributed by atoms with Crippen molar-refractivity contribution in [2.75, 3.05) is 27.7 Å². The van der Waals surface area contributed by atoms with Crippen LogP contribution in [0.1, 0.15) is 108 Å². The number of nitrogens with zero attached hydrogens (tertiary/aromatic N) is 2. The number of aryl methyl sites for hydroxylation is 2. The molecule has 0 unspecified atom stereocenters. The fourth-order valence-corrected chi connectivity index (χ4v) is 7.08. The van der Waals surface area contributed by atoms with Crippen molar-refractivity contribution >= 4 is 47.3 Å². The van der Waals surface area contributed by atoms with Crippen LogP contribution < -0.4 is 16.0 Å². The Hall–Kier alpha value is -5.60. The largest absolute Gasteiger partial charge is 0.467 e. The normalized spacial score (nSPS) is 17.8. The number of amides is 5. The number of rotatable bonds is 14. The van der Waals surface area contributed by atoms with Gasteiger partial charge in [-0.3, -0.25) is 28.8 Å². The molecule has 3 rings (SSSR count). The molecule has 2 aromatic carbocycles. The first kappa shape index (κ1) is 48.8. The lowest BCUT2D eigenvalue weighted by molar-refractivity contribution is -0.145. The predicted molar refractivity (Wildman–Crippen MR) is 225 cm³/mol. The summed E-state index contributed by atoms with van der Waals surface area (Å²) in [4.78, 5) is 108. The van der Waals surface area contributed by atoms with Crippen LogP contribution in [0, 0.1) is 19.8 Å². The van der Waals surface area contributed by atoms with Gasteiger partial charge in [-0.1, -0.05) is 44.2 Å². The van der Waals surface area contributed by atoms with Crippen molar-refractivity contribution in [2.45, 2.75) is 130 Å². The number of esters is 1. The predicted octanol–water partition coefficient (Wildman–Crippen LogP) is 4.68. The zero-order valence-corrected chi connectivity index (χ0v) is 37.0. The summed E-state index contributed by atoms with van der Waals surface area (Å²) < 4.78 is 10.2. The summed E-state index contributed by atoms with van der Waals surface area (Å²) in [5.74, 6) is -4.19. The quantitative estimate of drug-likeness (QED) is 0.178. The molecule has 0 aromatic heterocycles.